The fourth-order valence-corrected chi connectivity index (χ4v) is 5.85. The lowest BCUT2D eigenvalue weighted by atomic mass is 10.0. The zero-order chi connectivity index (χ0) is 33.1. The number of methoxy groups -OCH3 is 2. The molecule has 0 unspecified atom stereocenters. The average molecular weight is 664 g/mol. The lowest BCUT2D eigenvalue weighted by molar-refractivity contribution is -0.141. The number of sulfonamides is 1. The number of carbonyl (C=O) groups excluding carboxylic acids is 2. The van der Waals surface area contributed by atoms with Crippen molar-refractivity contribution in [2.45, 2.75) is 25.6 Å². The van der Waals surface area contributed by atoms with Gasteiger partial charge in [-0.25, -0.2) is 8.42 Å². The second-order valence-electron chi connectivity index (χ2n) is 10.7. The zero-order valence-electron chi connectivity index (χ0n) is 26.1. The van der Waals surface area contributed by atoms with E-state index in [9.17, 15) is 18.0 Å². The molecule has 0 aliphatic carbocycles. The van der Waals surface area contributed by atoms with E-state index in [0.29, 0.717) is 28.5 Å². The smallest absolute Gasteiger partial charge is 0.247 e. The van der Waals surface area contributed by atoms with Crippen LogP contribution >= 0.6 is 11.6 Å². The molecule has 11 heteroatoms. The number of hydrogen-bond acceptors (Lipinski definition) is 6. The highest BCUT2D eigenvalue weighted by Crippen LogP contribution is 2.28. The maximum atomic E-state index is 14.2. The highest BCUT2D eigenvalue weighted by atomic mass is 35.5. The van der Waals surface area contributed by atoms with E-state index in [0.717, 1.165) is 27.3 Å². The summed E-state index contributed by atoms with van der Waals surface area (Å²) in [5.41, 5.74) is 2.97. The predicted octanol–water partition coefficient (Wildman–Crippen LogP) is 5.25. The summed E-state index contributed by atoms with van der Waals surface area (Å²) in [4.78, 5) is 29.6. The van der Waals surface area contributed by atoms with Crippen LogP contribution in [0.4, 0.5) is 0 Å². The lowest BCUT2D eigenvalue weighted by Crippen LogP contribution is -2.48. The van der Waals surface area contributed by atoms with E-state index in [2.05, 4.69) is 5.32 Å². The standard InChI is InChI=1S/C35H38ClN3O6S/c1-44-31-19-16-26(22-32(31)45-2)20-21-37-35(41)34(29-12-8-5-9-13-29)39(24-28-14-17-30(36)18-15-28)33(40)25-38(46(3,42)43)23-27-10-6-4-7-11-27/h4-19,22,34H,20-21,23-25H2,1-3H3,(H,37,41)/t34-/m0/s1. The Hall–Kier alpha value is -4.38. The van der Waals surface area contributed by atoms with Gasteiger partial charge in [0.2, 0.25) is 21.8 Å². The van der Waals surface area contributed by atoms with E-state index in [4.69, 9.17) is 21.1 Å². The highest BCUT2D eigenvalue weighted by molar-refractivity contribution is 7.88. The Labute approximate surface area is 275 Å². The summed E-state index contributed by atoms with van der Waals surface area (Å²) < 4.78 is 37.6. The highest BCUT2D eigenvalue weighted by Gasteiger charge is 2.33. The fourth-order valence-electron chi connectivity index (χ4n) is 5.00. The first-order valence-corrected chi connectivity index (χ1v) is 16.9. The molecule has 46 heavy (non-hydrogen) atoms. The molecular weight excluding hydrogens is 626 g/mol. The van der Waals surface area contributed by atoms with Crippen LogP contribution in [0.5, 0.6) is 11.5 Å². The predicted molar refractivity (Wildman–Crippen MR) is 179 cm³/mol. The number of nitrogens with zero attached hydrogens (tertiary/aromatic N) is 2. The lowest BCUT2D eigenvalue weighted by Gasteiger charge is -2.33. The topological polar surface area (TPSA) is 105 Å². The summed E-state index contributed by atoms with van der Waals surface area (Å²) >= 11 is 6.13. The van der Waals surface area contributed by atoms with Gasteiger partial charge in [0.15, 0.2) is 11.5 Å². The summed E-state index contributed by atoms with van der Waals surface area (Å²) in [6.45, 7) is -0.122. The van der Waals surface area contributed by atoms with E-state index in [1.165, 1.54) is 4.90 Å². The van der Waals surface area contributed by atoms with Gasteiger partial charge in [-0.15, -0.1) is 0 Å². The van der Waals surface area contributed by atoms with E-state index in [-0.39, 0.29) is 19.6 Å². The van der Waals surface area contributed by atoms with Gasteiger partial charge in [-0.1, -0.05) is 90.5 Å². The van der Waals surface area contributed by atoms with Crippen molar-refractivity contribution >= 4 is 33.4 Å². The molecule has 0 bridgehead atoms. The molecule has 0 spiro atoms. The van der Waals surface area contributed by atoms with Crippen molar-refractivity contribution in [3.8, 4) is 11.5 Å². The van der Waals surface area contributed by atoms with Crippen LogP contribution in [0.2, 0.25) is 5.02 Å². The number of carbonyl (C=O) groups is 2. The molecule has 4 aromatic rings. The molecule has 0 aliphatic heterocycles. The number of hydrogen-bond donors (Lipinski definition) is 1. The van der Waals surface area contributed by atoms with Crippen molar-refractivity contribution < 1.29 is 27.5 Å². The van der Waals surface area contributed by atoms with Crippen LogP contribution in [0.25, 0.3) is 0 Å². The molecule has 4 aromatic carbocycles. The van der Waals surface area contributed by atoms with Gasteiger partial charge in [-0.2, -0.15) is 4.31 Å². The molecule has 0 fully saturated rings. The molecule has 1 atom stereocenters. The Kier molecular flexibility index (Phi) is 12.2. The second-order valence-corrected chi connectivity index (χ2v) is 13.1. The van der Waals surface area contributed by atoms with Crippen LogP contribution in [0.1, 0.15) is 28.3 Å². The molecule has 2 amide bonds. The second kappa shape index (κ2) is 16.3. The van der Waals surface area contributed by atoms with E-state index in [1.54, 1.807) is 80.9 Å². The molecule has 0 aromatic heterocycles. The molecule has 9 nitrogen and oxygen atoms in total. The quantitative estimate of drug-likeness (QED) is 0.186. The van der Waals surface area contributed by atoms with Crippen LogP contribution in [-0.4, -0.2) is 63.0 Å². The normalized spacial score (nSPS) is 11.9. The largest absolute Gasteiger partial charge is 0.493 e. The number of rotatable bonds is 15. The minimum absolute atomic E-state index is 0.00766. The third kappa shape index (κ3) is 9.56. The van der Waals surface area contributed by atoms with Crippen LogP contribution in [0, 0.1) is 0 Å². The number of amides is 2. The molecule has 0 saturated carbocycles. The van der Waals surface area contributed by atoms with E-state index >= 15 is 0 Å². The fraction of sp³-hybridized carbons (Fsp3) is 0.257. The van der Waals surface area contributed by atoms with Gasteiger partial charge in [-0.05, 0) is 52.9 Å². The van der Waals surface area contributed by atoms with E-state index in [1.807, 2.05) is 36.4 Å². The Balaban J connectivity index is 1.64. The zero-order valence-corrected chi connectivity index (χ0v) is 27.6. The van der Waals surface area contributed by atoms with Crippen molar-refractivity contribution in [2.24, 2.45) is 0 Å². The minimum Gasteiger partial charge on any atom is -0.493 e. The number of ether oxygens (including phenoxy) is 2. The summed E-state index contributed by atoms with van der Waals surface area (Å²) in [5.74, 6) is 0.258. The third-order valence-electron chi connectivity index (χ3n) is 7.41. The van der Waals surface area contributed by atoms with Crippen molar-refractivity contribution in [2.75, 3.05) is 33.6 Å². The Morgan fingerprint density at radius 2 is 1.37 bits per heavy atom. The molecule has 0 aliphatic rings. The summed E-state index contributed by atoms with van der Waals surface area (Å²) in [7, 11) is -0.662. The van der Waals surface area contributed by atoms with Gasteiger partial charge in [-0.3, -0.25) is 9.59 Å². The van der Waals surface area contributed by atoms with Crippen molar-refractivity contribution in [3.63, 3.8) is 0 Å². The molecule has 242 valence electrons. The molecule has 0 saturated heterocycles. The number of benzene rings is 4. The third-order valence-corrected chi connectivity index (χ3v) is 8.85. The maximum Gasteiger partial charge on any atom is 0.247 e. The van der Waals surface area contributed by atoms with Gasteiger partial charge >= 0.3 is 0 Å². The summed E-state index contributed by atoms with van der Waals surface area (Å²) in [6, 6.07) is 29.5. The van der Waals surface area contributed by atoms with Crippen LogP contribution in [0.3, 0.4) is 0 Å². The van der Waals surface area contributed by atoms with Crippen molar-refractivity contribution in [3.05, 3.63) is 130 Å². The molecular formula is C35H38ClN3O6S. The van der Waals surface area contributed by atoms with Crippen molar-refractivity contribution in [1.29, 1.82) is 0 Å². The first-order valence-electron chi connectivity index (χ1n) is 14.7. The molecule has 4 rings (SSSR count). The maximum absolute atomic E-state index is 14.2. The SMILES string of the molecule is COc1ccc(CCNC(=O)[C@H](c2ccccc2)N(Cc2ccc(Cl)cc2)C(=O)CN(Cc2ccccc2)S(C)(=O)=O)cc1OC. The Morgan fingerprint density at radius 1 is 0.783 bits per heavy atom. The molecule has 0 heterocycles. The van der Waals surface area contributed by atoms with Crippen LogP contribution in [0.15, 0.2) is 103 Å². The number of nitrogens with one attached hydrogen (secondary N) is 1. The van der Waals surface area contributed by atoms with Crippen molar-refractivity contribution in [1.82, 2.24) is 14.5 Å². The Bertz CT molecular complexity index is 1700. The first kappa shape index (κ1) is 34.5. The van der Waals surface area contributed by atoms with Gasteiger partial charge in [0.05, 0.1) is 27.0 Å². The van der Waals surface area contributed by atoms with Gasteiger partial charge in [0, 0.05) is 24.7 Å². The minimum atomic E-state index is -3.79. The van der Waals surface area contributed by atoms with Gasteiger partial charge < -0.3 is 19.7 Å². The van der Waals surface area contributed by atoms with Gasteiger partial charge in [0.25, 0.3) is 0 Å². The van der Waals surface area contributed by atoms with Crippen LogP contribution in [-0.2, 0) is 39.1 Å². The van der Waals surface area contributed by atoms with E-state index < -0.39 is 34.4 Å². The molecule has 1 N–H and O–H groups in total. The Morgan fingerprint density at radius 3 is 1.98 bits per heavy atom. The average Bonchev–Trinajstić information content (AvgIpc) is 3.05. The molecule has 0 radical (unpaired) electrons. The summed E-state index contributed by atoms with van der Waals surface area (Å²) in [6.07, 6.45) is 1.57. The summed E-state index contributed by atoms with van der Waals surface area (Å²) in [5, 5.41) is 3.52. The van der Waals surface area contributed by atoms with Crippen LogP contribution < -0.4 is 14.8 Å². The first-order chi connectivity index (χ1) is 22.1. The number of halogens is 1. The van der Waals surface area contributed by atoms with Gasteiger partial charge in [0.1, 0.15) is 6.04 Å². The monoisotopic (exact) mass is 663 g/mol.